The van der Waals surface area contributed by atoms with E-state index in [-0.39, 0.29) is 54.2 Å². The number of ether oxygens (including phenoxy) is 2. The average molecular weight is 388 g/mol. The van der Waals surface area contributed by atoms with Crippen LogP contribution in [0.4, 0.5) is 11.4 Å². The van der Waals surface area contributed by atoms with Crippen molar-refractivity contribution in [2.24, 2.45) is 0 Å². The Morgan fingerprint density at radius 2 is 2.00 bits per heavy atom. The highest BCUT2D eigenvalue weighted by molar-refractivity contribution is 7.91. The van der Waals surface area contributed by atoms with Gasteiger partial charge in [-0.2, -0.15) is 4.31 Å². The molecule has 0 aliphatic carbocycles. The van der Waals surface area contributed by atoms with E-state index in [1.54, 1.807) is 6.92 Å². The topological polar surface area (TPSA) is 122 Å². The number of sulfonamides is 1. The quantitative estimate of drug-likeness (QED) is 0.674. The van der Waals surface area contributed by atoms with Gasteiger partial charge in [-0.3, -0.25) is 9.59 Å². The minimum absolute atomic E-state index is 0.0323. The number of morpholine rings is 1. The van der Waals surface area contributed by atoms with E-state index in [9.17, 15) is 23.1 Å². The zero-order chi connectivity index (χ0) is 18.2. The Balaban J connectivity index is 1.88. The van der Waals surface area contributed by atoms with Gasteiger partial charge in [-0.1, -0.05) is 0 Å². The third-order valence-electron chi connectivity index (χ3n) is 3.69. The molecule has 1 aliphatic heterocycles. The van der Waals surface area contributed by atoms with Crippen molar-refractivity contribution in [1.82, 2.24) is 4.31 Å². The predicted octanol–water partition coefficient (Wildman–Crippen LogP) is 0.213. The average Bonchev–Trinajstić information content (AvgIpc) is 2.99. The van der Waals surface area contributed by atoms with Crippen LogP contribution in [0.2, 0.25) is 0 Å². The number of hydrogen-bond donors (Lipinski definition) is 2. The lowest BCUT2D eigenvalue weighted by Gasteiger charge is -2.25. The number of nitrogens with one attached hydrogen (secondary N) is 1. The summed E-state index contributed by atoms with van der Waals surface area (Å²) in [5, 5.41) is 14.2. The van der Waals surface area contributed by atoms with E-state index < -0.39 is 26.6 Å². The lowest BCUT2D eigenvalue weighted by molar-refractivity contribution is 0.0730. The van der Waals surface area contributed by atoms with E-state index in [1.807, 2.05) is 0 Å². The summed E-state index contributed by atoms with van der Waals surface area (Å²) in [5.74, 6) is -0.609. The highest BCUT2D eigenvalue weighted by Crippen LogP contribution is 2.41. The minimum Gasteiger partial charge on any atom is -0.504 e. The van der Waals surface area contributed by atoms with Gasteiger partial charge in [0, 0.05) is 18.5 Å². The van der Waals surface area contributed by atoms with E-state index in [1.165, 1.54) is 9.69 Å². The van der Waals surface area contributed by atoms with Gasteiger partial charge in [0.05, 0.1) is 25.5 Å². The smallest absolute Gasteiger partial charge is 0.272 e. The third kappa shape index (κ3) is 3.03. The lowest BCUT2D eigenvalue weighted by Crippen LogP contribution is -2.40. The van der Waals surface area contributed by atoms with Crippen LogP contribution in [0.1, 0.15) is 6.92 Å². The Morgan fingerprint density at radius 1 is 1.32 bits per heavy atom. The second-order valence-electron chi connectivity index (χ2n) is 5.22. The number of rotatable bonds is 6. The van der Waals surface area contributed by atoms with E-state index in [0.717, 1.165) is 11.3 Å². The summed E-state index contributed by atoms with van der Waals surface area (Å²) in [5.41, 5.74) is -1.58. The van der Waals surface area contributed by atoms with Crippen molar-refractivity contribution in [2.75, 3.05) is 38.2 Å². The van der Waals surface area contributed by atoms with Crippen LogP contribution >= 0.6 is 11.3 Å². The molecule has 2 aromatic rings. The maximum Gasteiger partial charge on any atom is 0.272 e. The standard InChI is InChI=1S/C14H16N2O7S2/c1-2-23-13-9(11(18)12(13)19)15-8-7-24-14(10(8)17)25(20,21)16-3-5-22-6-4-16/h7,15,17H,2-6H2,1H3. The highest BCUT2D eigenvalue weighted by Gasteiger charge is 2.32. The molecule has 0 unspecified atom stereocenters. The van der Waals surface area contributed by atoms with E-state index >= 15 is 0 Å². The Bertz CT molecular complexity index is 951. The molecule has 0 spiro atoms. The summed E-state index contributed by atoms with van der Waals surface area (Å²) in [6.07, 6.45) is 0. The summed E-state index contributed by atoms with van der Waals surface area (Å²) >= 11 is 0.827. The van der Waals surface area contributed by atoms with E-state index in [0.29, 0.717) is 0 Å². The molecule has 1 aromatic heterocycles. The zero-order valence-corrected chi connectivity index (χ0v) is 14.9. The van der Waals surface area contributed by atoms with Crippen LogP contribution in [-0.4, -0.2) is 50.7 Å². The largest absolute Gasteiger partial charge is 0.504 e. The predicted molar refractivity (Wildman–Crippen MR) is 91.4 cm³/mol. The number of thiophene rings is 1. The van der Waals surface area contributed by atoms with Crippen molar-refractivity contribution >= 4 is 32.7 Å². The molecule has 2 heterocycles. The fraction of sp³-hybridized carbons (Fsp3) is 0.429. The number of nitrogens with zero attached hydrogens (tertiary/aromatic N) is 1. The molecule has 1 aliphatic rings. The molecule has 0 saturated carbocycles. The van der Waals surface area contributed by atoms with Gasteiger partial charge < -0.3 is 19.9 Å². The van der Waals surface area contributed by atoms with Gasteiger partial charge in [0.1, 0.15) is 5.69 Å². The van der Waals surface area contributed by atoms with Crippen LogP contribution in [0.5, 0.6) is 11.5 Å². The normalized spacial score (nSPS) is 16.2. The van der Waals surface area contributed by atoms with Crippen molar-refractivity contribution in [1.29, 1.82) is 0 Å². The molecule has 0 radical (unpaired) electrons. The monoisotopic (exact) mass is 388 g/mol. The van der Waals surface area contributed by atoms with Crippen LogP contribution in [0.15, 0.2) is 19.2 Å². The Kier molecular flexibility index (Phi) is 4.82. The molecule has 0 bridgehead atoms. The first-order chi connectivity index (χ1) is 11.9. The summed E-state index contributed by atoms with van der Waals surface area (Å²) < 4.78 is 36.4. The molecule has 0 atom stereocenters. The van der Waals surface area contributed by atoms with Crippen LogP contribution in [-0.2, 0) is 14.8 Å². The van der Waals surface area contributed by atoms with Gasteiger partial charge >= 0.3 is 0 Å². The van der Waals surface area contributed by atoms with Crippen LogP contribution in [0.25, 0.3) is 0 Å². The number of aromatic hydroxyl groups is 1. The first-order valence-electron chi connectivity index (χ1n) is 7.49. The SMILES string of the molecule is CCOc1c(Nc2csc(S(=O)(=O)N3CCOCC3)c2O)c(=O)c1=O. The molecule has 2 N–H and O–H groups in total. The summed E-state index contributed by atoms with van der Waals surface area (Å²) in [6.45, 7) is 2.85. The molecule has 3 rings (SSSR count). The molecule has 25 heavy (non-hydrogen) atoms. The van der Waals surface area contributed by atoms with Crippen LogP contribution in [0, 0.1) is 0 Å². The zero-order valence-electron chi connectivity index (χ0n) is 13.3. The molecule has 1 aromatic carbocycles. The van der Waals surface area contributed by atoms with Crippen LogP contribution in [0.3, 0.4) is 0 Å². The van der Waals surface area contributed by atoms with Crippen LogP contribution < -0.4 is 20.9 Å². The first-order valence-corrected chi connectivity index (χ1v) is 9.81. The van der Waals surface area contributed by atoms with Gasteiger partial charge in [-0.15, -0.1) is 11.3 Å². The molecule has 136 valence electrons. The van der Waals surface area contributed by atoms with Gasteiger partial charge in [0.2, 0.25) is 0 Å². The maximum atomic E-state index is 12.6. The van der Waals surface area contributed by atoms with Crippen molar-refractivity contribution in [3.8, 4) is 11.5 Å². The lowest BCUT2D eigenvalue weighted by atomic mass is 10.2. The first kappa shape index (κ1) is 17.9. The van der Waals surface area contributed by atoms with Crippen molar-refractivity contribution in [3.63, 3.8) is 0 Å². The van der Waals surface area contributed by atoms with Gasteiger partial charge in [-0.25, -0.2) is 8.42 Å². The van der Waals surface area contributed by atoms with Gasteiger partial charge in [0.25, 0.3) is 20.9 Å². The van der Waals surface area contributed by atoms with E-state index in [4.69, 9.17) is 9.47 Å². The number of anilines is 2. The summed E-state index contributed by atoms with van der Waals surface area (Å²) in [4.78, 5) is 23.1. The fourth-order valence-corrected chi connectivity index (χ4v) is 5.19. The van der Waals surface area contributed by atoms with Crippen molar-refractivity contribution in [3.05, 3.63) is 25.8 Å². The number of hydrogen-bond acceptors (Lipinski definition) is 9. The second kappa shape index (κ2) is 6.75. The summed E-state index contributed by atoms with van der Waals surface area (Å²) in [6, 6.07) is 0. The highest BCUT2D eigenvalue weighted by atomic mass is 32.2. The summed E-state index contributed by atoms with van der Waals surface area (Å²) in [7, 11) is -3.86. The minimum atomic E-state index is -3.86. The molecule has 0 amide bonds. The molecular formula is C14H16N2O7S2. The Hall–Kier alpha value is -1.95. The fourth-order valence-electron chi connectivity index (χ4n) is 2.41. The second-order valence-corrected chi connectivity index (χ2v) is 8.24. The third-order valence-corrected chi connectivity index (χ3v) is 7.08. The van der Waals surface area contributed by atoms with Crippen molar-refractivity contribution < 1.29 is 23.0 Å². The molecule has 11 heteroatoms. The maximum absolute atomic E-state index is 12.6. The van der Waals surface area contributed by atoms with Gasteiger partial charge in [0.15, 0.2) is 15.7 Å². The van der Waals surface area contributed by atoms with Gasteiger partial charge in [-0.05, 0) is 6.92 Å². The van der Waals surface area contributed by atoms with E-state index in [2.05, 4.69) is 5.32 Å². The van der Waals surface area contributed by atoms with Crippen molar-refractivity contribution in [2.45, 2.75) is 11.1 Å². The molecule has 1 fully saturated rings. The molecule has 1 saturated heterocycles. The molecular weight excluding hydrogens is 372 g/mol. The Labute approximate surface area is 147 Å². The molecule has 9 nitrogen and oxygen atoms in total. The Morgan fingerprint density at radius 3 is 2.64 bits per heavy atom.